The van der Waals surface area contributed by atoms with Gasteiger partial charge in [0.2, 0.25) is 0 Å². The number of allylic oxidation sites excluding steroid dienone is 1. The van der Waals surface area contributed by atoms with Crippen LogP contribution in [0.2, 0.25) is 0 Å². The summed E-state index contributed by atoms with van der Waals surface area (Å²) in [6.07, 6.45) is 1.56. The first-order valence-corrected chi connectivity index (χ1v) is 10.4. The molecule has 0 unspecified atom stereocenters. The molecule has 0 saturated heterocycles. The molecule has 0 aromatic heterocycles. The Morgan fingerprint density at radius 3 is 2.59 bits per heavy atom. The molecule has 0 radical (unpaired) electrons. The molecule has 0 aliphatic heterocycles. The SMILES string of the molecule is CCOc1cc(C=C(C#N)c2ccccc2F)c(Br)cc1OCc1cccc([N+](=O)[O-])c1. The summed E-state index contributed by atoms with van der Waals surface area (Å²) >= 11 is 3.47. The standard InChI is InChI=1S/C24H18BrFN2O4/c1-2-31-23-12-17(11-18(14-27)20-8-3-4-9-22(20)26)21(25)13-24(23)32-15-16-6-5-7-19(10-16)28(29)30/h3-13H,2,15H2,1H3. The molecule has 3 aromatic carbocycles. The van der Waals surface area contributed by atoms with E-state index in [0.717, 1.165) is 0 Å². The highest BCUT2D eigenvalue weighted by atomic mass is 79.9. The second-order valence-electron chi connectivity index (χ2n) is 6.62. The van der Waals surface area contributed by atoms with E-state index >= 15 is 0 Å². The maximum atomic E-state index is 14.1. The minimum absolute atomic E-state index is 0.0185. The lowest BCUT2D eigenvalue weighted by Gasteiger charge is -2.14. The predicted octanol–water partition coefficient (Wildman–Crippen LogP) is 6.54. The van der Waals surface area contributed by atoms with E-state index in [0.29, 0.717) is 33.7 Å². The average molecular weight is 497 g/mol. The molecule has 0 amide bonds. The summed E-state index contributed by atoms with van der Waals surface area (Å²) in [4.78, 5) is 10.5. The highest BCUT2D eigenvalue weighted by molar-refractivity contribution is 9.10. The first-order chi connectivity index (χ1) is 15.4. The molecule has 0 heterocycles. The quantitative estimate of drug-likeness (QED) is 0.153. The third-order valence-corrected chi connectivity index (χ3v) is 5.15. The third-order valence-electron chi connectivity index (χ3n) is 4.46. The Hall–Kier alpha value is -3.70. The van der Waals surface area contributed by atoms with E-state index in [2.05, 4.69) is 15.9 Å². The monoisotopic (exact) mass is 496 g/mol. The lowest BCUT2D eigenvalue weighted by molar-refractivity contribution is -0.384. The van der Waals surface area contributed by atoms with E-state index in [1.54, 1.807) is 42.5 Å². The lowest BCUT2D eigenvalue weighted by atomic mass is 10.0. The van der Waals surface area contributed by atoms with E-state index in [1.165, 1.54) is 24.3 Å². The zero-order valence-corrected chi connectivity index (χ0v) is 18.6. The average Bonchev–Trinajstić information content (AvgIpc) is 2.79. The maximum absolute atomic E-state index is 14.1. The molecule has 0 N–H and O–H groups in total. The molecule has 162 valence electrons. The fourth-order valence-corrected chi connectivity index (χ4v) is 3.41. The molecule has 0 aliphatic carbocycles. The molecule has 0 atom stereocenters. The summed E-state index contributed by atoms with van der Waals surface area (Å²) in [7, 11) is 0. The number of hydrogen-bond acceptors (Lipinski definition) is 5. The van der Waals surface area contributed by atoms with Gasteiger partial charge in [0.25, 0.3) is 5.69 Å². The molecule has 32 heavy (non-hydrogen) atoms. The van der Waals surface area contributed by atoms with Gasteiger partial charge in [0.15, 0.2) is 11.5 Å². The van der Waals surface area contributed by atoms with Crippen LogP contribution in [0.4, 0.5) is 10.1 Å². The minimum atomic E-state index is -0.488. The van der Waals surface area contributed by atoms with Crippen molar-refractivity contribution < 1.29 is 18.8 Å². The number of rotatable bonds is 8. The number of nitro benzene ring substituents is 1. The molecule has 0 bridgehead atoms. The first-order valence-electron chi connectivity index (χ1n) is 9.62. The van der Waals surface area contributed by atoms with Crippen molar-refractivity contribution in [3.05, 3.63) is 97.8 Å². The summed E-state index contributed by atoms with van der Waals surface area (Å²) < 4.78 is 26.3. The van der Waals surface area contributed by atoms with Crippen molar-refractivity contribution in [1.82, 2.24) is 0 Å². The van der Waals surface area contributed by atoms with Crippen LogP contribution in [0, 0.1) is 27.3 Å². The van der Waals surface area contributed by atoms with Crippen LogP contribution in [0.5, 0.6) is 11.5 Å². The summed E-state index contributed by atoms with van der Waals surface area (Å²) in [5, 5.41) is 20.5. The van der Waals surface area contributed by atoms with Gasteiger partial charge in [-0.2, -0.15) is 5.26 Å². The molecule has 0 spiro atoms. The molecule has 6 nitrogen and oxygen atoms in total. The number of non-ortho nitro benzene ring substituents is 1. The number of halogens is 2. The van der Waals surface area contributed by atoms with Crippen LogP contribution in [-0.2, 0) is 6.61 Å². The molecule has 8 heteroatoms. The van der Waals surface area contributed by atoms with Gasteiger partial charge in [-0.05, 0) is 42.3 Å². The molecular weight excluding hydrogens is 479 g/mol. The summed E-state index contributed by atoms with van der Waals surface area (Å²) in [6, 6.07) is 17.6. The summed E-state index contributed by atoms with van der Waals surface area (Å²) in [5.74, 6) is 0.364. The largest absolute Gasteiger partial charge is 0.490 e. The zero-order chi connectivity index (χ0) is 23.1. The Morgan fingerprint density at radius 2 is 1.91 bits per heavy atom. The Balaban J connectivity index is 1.92. The first kappa shape index (κ1) is 23.0. The van der Waals surface area contributed by atoms with Crippen LogP contribution in [0.3, 0.4) is 0 Å². The van der Waals surface area contributed by atoms with Crippen molar-refractivity contribution in [1.29, 1.82) is 5.26 Å². The van der Waals surface area contributed by atoms with Crippen LogP contribution < -0.4 is 9.47 Å². The minimum Gasteiger partial charge on any atom is -0.490 e. The number of benzene rings is 3. The van der Waals surface area contributed by atoms with Crippen LogP contribution >= 0.6 is 15.9 Å². The molecule has 0 fully saturated rings. The Kier molecular flexibility index (Phi) is 7.58. The van der Waals surface area contributed by atoms with E-state index in [1.807, 2.05) is 13.0 Å². The van der Waals surface area contributed by atoms with Gasteiger partial charge in [-0.15, -0.1) is 0 Å². The number of ether oxygens (including phenoxy) is 2. The number of nitrogens with zero attached hydrogens (tertiary/aromatic N) is 2. The van der Waals surface area contributed by atoms with Gasteiger partial charge >= 0.3 is 0 Å². The van der Waals surface area contributed by atoms with Crippen molar-refractivity contribution in [3.63, 3.8) is 0 Å². The van der Waals surface area contributed by atoms with Gasteiger partial charge < -0.3 is 9.47 Å². The summed E-state index contributed by atoms with van der Waals surface area (Å²) in [5.41, 5.74) is 1.58. The Morgan fingerprint density at radius 1 is 1.16 bits per heavy atom. The van der Waals surface area contributed by atoms with Crippen molar-refractivity contribution >= 4 is 33.3 Å². The Labute approximate surface area is 192 Å². The lowest BCUT2D eigenvalue weighted by Crippen LogP contribution is -2.01. The van der Waals surface area contributed by atoms with E-state index in [-0.39, 0.29) is 23.4 Å². The van der Waals surface area contributed by atoms with Gasteiger partial charge in [0.1, 0.15) is 12.4 Å². The molecule has 0 aliphatic rings. The number of hydrogen-bond donors (Lipinski definition) is 0. The summed E-state index contributed by atoms with van der Waals surface area (Å²) in [6.45, 7) is 2.29. The highest BCUT2D eigenvalue weighted by Gasteiger charge is 2.14. The van der Waals surface area contributed by atoms with Gasteiger partial charge in [-0.3, -0.25) is 10.1 Å². The van der Waals surface area contributed by atoms with Crippen molar-refractivity contribution in [3.8, 4) is 17.6 Å². The maximum Gasteiger partial charge on any atom is 0.269 e. The Bertz CT molecular complexity index is 1220. The molecule has 3 rings (SSSR count). The van der Waals surface area contributed by atoms with E-state index < -0.39 is 10.7 Å². The number of nitro groups is 1. The van der Waals surface area contributed by atoms with Gasteiger partial charge in [0.05, 0.1) is 23.2 Å². The molecule has 3 aromatic rings. The smallest absolute Gasteiger partial charge is 0.269 e. The van der Waals surface area contributed by atoms with Gasteiger partial charge in [-0.1, -0.05) is 46.3 Å². The predicted molar refractivity (Wildman–Crippen MR) is 123 cm³/mol. The van der Waals surface area contributed by atoms with E-state index in [4.69, 9.17) is 9.47 Å². The topological polar surface area (TPSA) is 85.4 Å². The fourth-order valence-electron chi connectivity index (χ4n) is 2.97. The molecular formula is C24H18BrFN2O4. The highest BCUT2D eigenvalue weighted by Crippen LogP contribution is 2.36. The van der Waals surface area contributed by atoms with Crippen LogP contribution in [0.15, 0.2) is 65.1 Å². The normalized spacial score (nSPS) is 11.0. The second-order valence-corrected chi connectivity index (χ2v) is 7.47. The van der Waals surface area contributed by atoms with Crippen LogP contribution in [0.1, 0.15) is 23.6 Å². The van der Waals surface area contributed by atoms with Crippen LogP contribution in [0.25, 0.3) is 11.6 Å². The van der Waals surface area contributed by atoms with Crippen LogP contribution in [-0.4, -0.2) is 11.5 Å². The van der Waals surface area contributed by atoms with Crippen molar-refractivity contribution in [2.24, 2.45) is 0 Å². The van der Waals surface area contributed by atoms with Crippen molar-refractivity contribution in [2.45, 2.75) is 13.5 Å². The van der Waals surface area contributed by atoms with Gasteiger partial charge in [0, 0.05) is 22.2 Å². The number of nitriles is 1. The second kappa shape index (κ2) is 10.6. The van der Waals surface area contributed by atoms with Crippen molar-refractivity contribution in [2.75, 3.05) is 6.61 Å². The van der Waals surface area contributed by atoms with Gasteiger partial charge in [-0.25, -0.2) is 4.39 Å². The third kappa shape index (κ3) is 5.50. The molecule has 0 saturated carbocycles. The zero-order valence-electron chi connectivity index (χ0n) is 17.0. The van der Waals surface area contributed by atoms with E-state index in [9.17, 15) is 19.8 Å². The fraction of sp³-hybridized carbons (Fsp3) is 0.125.